The fourth-order valence-corrected chi connectivity index (χ4v) is 2.10. The molecule has 0 fully saturated rings. The Balaban J connectivity index is 2.06. The van der Waals surface area contributed by atoms with Crippen LogP contribution in [0.3, 0.4) is 0 Å². The van der Waals surface area contributed by atoms with Crippen molar-refractivity contribution in [2.45, 2.75) is 32.5 Å². The summed E-state index contributed by atoms with van der Waals surface area (Å²) in [6.07, 6.45) is 1.27. The molecule has 3 heteroatoms. The van der Waals surface area contributed by atoms with E-state index in [1.54, 1.807) is 14.0 Å². The van der Waals surface area contributed by atoms with Crippen LogP contribution >= 0.6 is 0 Å². The Morgan fingerprint density at radius 2 is 1.76 bits per heavy atom. The maximum atomic E-state index is 9.38. The smallest absolute Gasteiger partial charge is 0.161 e. The van der Waals surface area contributed by atoms with Crippen LogP contribution in [0.1, 0.15) is 24.5 Å². The van der Waals surface area contributed by atoms with Gasteiger partial charge in [0.15, 0.2) is 11.5 Å². The fourth-order valence-electron chi connectivity index (χ4n) is 2.10. The van der Waals surface area contributed by atoms with E-state index in [0.29, 0.717) is 6.61 Å². The Hall–Kier alpha value is -2.00. The highest BCUT2D eigenvalue weighted by Gasteiger charge is 2.07. The number of aliphatic hydroxyl groups excluding tert-OH is 1. The molecule has 112 valence electrons. The molecule has 0 heterocycles. The zero-order valence-electron chi connectivity index (χ0n) is 12.6. The second-order valence-electron chi connectivity index (χ2n) is 5.15. The van der Waals surface area contributed by atoms with Crippen LogP contribution in [0.2, 0.25) is 0 Å². The second-order valence-corrected chi connectivity index (χ2v) is 5.15. The average molecular weight is 286 g/mol. The van der Waals surface area contributed by atoms with E-state index in [9.17, 15) is 5.11 Å². The molecular weight excluding hydrogens is 264 g/mol. The van der Waals surface area contributed by atoms with Crippen LogP contribution < -0.4 is 9.47 Å². The molecule has 0 radical (unpaired) electrons. The van der Waals surface area contributed by atoms with Gasteiger partial charge in [-0.05, 0) is 43.0 Å². The van der Waals surface area contributed by atoms with Gasteiger partial charge in [-0.25, -0.2) is 0 Å². The van der Waals surface area contributed by atoms with Gasteiger partial charge in [0.1, 0.15) is 6.61 Å². The van der Waals surface area contributed by atoms with Gasteiger partial charge in [-0.15, -0.1) is 0 Å². The molecule has 1 atom stereocenters. The van der Waals surface area contributed by atoms with Crippen molar-refractivity contribution in [2.24, 2.45) is 0 Å². The van der Waals surface area contributed by atoms with E-state index in [2.05, 4.69) is 0 Å². The van der Waals surface area contributed by atoms with Crippen LogP contribution in [0.4, 0.5) is 0 Å². The van der Waals surface area contributed by atoms with Crippen LogP contribution in [0, 0.1) is 0 Å². The lowest BCUT2D eigenvalue weighted by Gasteiger charge is -2.13. The molecule has 0 aromatic heterocycles. The fraction of sp³-hybridized carbons (Fsp3) is 0.333. The van der Waals surface area contributed by atoms with E-state index in [0.717, 1.165) is 35.5 Å². The van der Waals surface area contributed by atoms with Crippen molar-refractivity contribution in [3.05, 3.63) is 59.7 Å². The van der Waals surface area contributed by atoms with Crippen LogP contribution in [0.25, 0.3) is 0 Å². The number of rotatable bonds is 7. The lowest BCUT2D eigenvalue weighted by Crippen LogP contribution is -2.02. The number of methoxy groups -OCH3 is 1. The SMILES string of the molecule is COc1ccc(CCC(C)O)cc1OCc1ccccc1. The molecule has 0 aliphatic carbocycles. The molecule has 2 aromatic carbocycles. The molecule has 21 heavy (non-hydrogen) atoms. The van der Waals surface area contributed by atoms with Gasteiger partial charge in [-0.2, -0.15) is 0 Å². The minimum absolute atomic E-state index is 0.291. The van der Waals surface area contributed by atoms with Crippen molar-refractivity contribution in [1.82, 2.24) is 0 Å². The van der Waals surface area contributed by atoms with E-state index in [1.807, 2.05) is 48.5 Å². The van der Waals surface area contributed by atoms with E-state index in [-0.39, 0.29) is 6.10 Å². The number of ether oxygens (including phenoxy) is 2. The Kier molecular flexibility index (Phi) is 5.64. The molecule has 2 rings (SSSR count). The van der Waals surface area contributed by atoms with E-state index < -0.39 is 0 Å². The lowest BCUT2D eigenvalue weighted by atomic mass is 10.1. The largest absolute Gasteiger partial charge is 0.493 e. The first-order valence-corrected chi connectivity index (χ1v) is 7.20. The lowest BCUT2D eigenvalue weighted by molar-refractivity contribution is 0.185. The van der Waals surface area contributed by atoms with Crippen LogP contribution in [0.5, 0.6) is 11.5 Å². The van der Waals surface area contributed by atoms with Gasteiger partial charge < -0.3 is 14.6 Å². The van der Waals surface area contributed by atoms with Crippen molar-refractivity contribution in [3.8, 4) is 11.5 Å². The summed E-state index contributed by atoms with van der Waals surface area (Å²) in [5.41, 5.74) is 2.26. The molecule has 1 unspecified atom stereocenters. The Morgan fingerprint density at radius 3 is 2.43 bits per heavy atom. The van der Waals surface area contributed by atoms with Crippen LogP contribution in [-0.4, -0.2) is 18.3 Å². The highest BCUT2D eigenvalue weighted by molar-refractivity contribution is 5.43. The second kappa shape index (κ2) is 7.70. The van der Waals surface area contributed by atoms with Gasteiger partial charge in [-0.1, -0.05) is 36.4 Å². The number of hydrogen-bond acceptors (Lipinski definition) is 3. The normalized spacial score (nSPS) is 12.0. The quantitative estimate of drug-likeness (QED) is 0.845. The number of hydrogen-bond donors (Lipinski definition) is 1. The highest BCUT2D eigenvalue weighted by Crippen LogP contribution is 2.29. The molecule has 2 aromatic rings. The Morgan fingerprint density at radius 1 is 1.00 bits per heavy atom. The van der Waals surface area contributed by atoms with Crippen molar-refractivity contribution >= 4 is 0 Å². The van der Waals surface area contributed by atoms with Crippen LogP contribution in [-0.2, 0) is 13.0 Å². The minimum atomic E-state index is -0.291. The summed E-state index contributed by atoms with van der Waals surface area (Å²) in [4.78, 5) is 0. The van der Waals surface area contributed by atoms with Gasteiger partial charge in [-0.3, -0.25) is 0 Å². The minimum Gasteiger partial charge on any atom is -0.493 e. The zero-order chi connectivity index (χ0) is 15.1. The predicted octanol–water partition coefficient (Wildman–Crippen LogP) is 3.59. The van der Waals surface area contributed by atoms with Gasteiger partial charge in [0, 0.05) is 0 Å². The molecule has 0 amide bonds. The highest BCUT2D eigenvalue weighted by atomic mass is 16.5. The third-order valence-corrected chi connectivity index (χ3v) is 3.32. The molecule has 0 saturated heterocycles. The summed E-state index contributed by atoms with van der Waals surface area (Å²) >= 11 is 0. The molecular formula is C18H22O3. The predicted molar refractivity (Wildman–Crippen MR) is 83.8 cm³/mol. The summed E-state index contributed by atoms with van der Waals surface area (Å²) < 4.78 is 11.2. The summed E-state index contributed by atoms with van der Waals surface area (Å²) in [6, 6.07) is 16.0. The molecule has 0 saturated carbocycles. The third kappa shape index (κ3) is 4.80. The van der Waals surface area contributed by atoms with E-state index in [1.165, 1.54) is 0 Å². The first-order chi connectivity index (χ1) is 10.2. The molecule has 0 aliphatic heterocycles. The van der Waals surface area contributed by atoms with Gasteiger partial charge in [0.05, 0.1) is 13.2 Å². The topological polar surface area (TPSA) is 38.7 Å². The maximum Gasteiger partial charge on any atom is 0.161 e. The maximum absolute atomic E-state index is 9.38. The molecule has 1 N–H and O–H groups in total. The first-order valence-electron chi connectivity index (χ1n) is 7.20. The summed E-state index contributed by atoms with van der Waals surface area (Å²) in [7, 11) is 1.64. The monoisotopic (exact) mass is 286 g/mol. The molecule has 3 nitrogen and oxygen atoms in total. The Bertz CT molecular complexity index is 550. The van der Waals surface area contributed by atoms with E-state index >= 15 is 0 Å². The number of aryl methyl sites for hydroxylation is 1. The average Bonchev–Trinajstić information content (AvgIpc) is 2.52. The first kappa shape index (κ1) is 15.4. The third-order valence-electron chi connectivity index (χ3n) is 3.32. The van der Waals surface area contributed by atoms with Gasteiger partial charge >= 0.3 is 0 Å². The number of aliphatic hydroxyl groups is 1. The molecule has 0 bridgehead atoms. The standard InChI is InChI=1S/C18H22O3/c1-14(19)8-9-15-10-11-17(20-2)18(12-15)21-13-16-6-4-3-5-7-16/h3-7,10-12,14,19H,8-9,13H2,1-2H3. The number of benzene rings is 2. The summed E-state index contributed by atoms with van der Waals surface area (Å²) in [5.74, 6) is 1.47. The molecule has 0 spiro atoms. The van der Waals surface area contributed by atoms with Gasteiger partial charge in [0.2, 0.25) is 0 Å². The van der Waals surface area contributed by atoms with E-state index in [4.69, 9.17) is 9.47 Å². The zero-order valence-corrected chi connectivity index (χ0v) is 12.6. The summed E-state index contributed by atoms with van der Waals surface area (Å²) in [5, 5.41) is 9.38. The van der Waals surface area contributed by atoms with Crippen LogP contribution in [0.15, 0.2) is 48.5 Å². The van der Waals surface area contributed by atoms with Gasteiger partial charge in [0.25, 0.3) is 0 Å². The van der Waals surface area contributed by atoms with Crippen molar-refractivity contribution in [1.29, 1.82) is 0 Å². The van der Waals surface area contributed by atoms with Crippen molar-refractivity contribution in [3.63, 3.8) is 0 Å². The van der Waals surface area contributed by atoms with Crippen molar-refractivity contribution in [2.75, 3.05) is 7.11 Å². The molecule has 0 aliphatic rings. The summed E-state index contributed by atoms with van der Waals surface area (Å²) in [6.45, 7) is 2.31. The van der Waals surface area contributed by atoms with Crippen molar-refractivity contribution < 1.29 is 14.6 Å². The Labute approximate surface area is 126 Å².